The number of rotatable bonds is 9. The van der Waals surface area contributed by atoms with Crippen molar-refractivity contribution in [2.45, 2.75) is 38.2 Å². The normalized spacial score (nSPS) is 13.7. The summed E-state index contributed by atoms with van der Waals surface area (Å²) in [6.45, 7) is 1.90. The molecule has 2 aromatic carbocycles. The highest BCUT2D eigenvalue weighted by Crippen LogP contribution is 2.44. The SMILES string of the molecule is CC(C)C(CC(=O)O)NC(=O)C(F)(F)CNC(=O)OCC1c2ccccc2-c2ccccc21. The summed E-state index contributed by atoms with van der Waals surface area (Å²) in [5, 5.41) is 12.9. The number of benzene rings is 2. The molecule has 1 aliphatic rings. The van der Waals surface area contributed by atoms with Crippen molar-refractivity contribution < 1.29 is 33.0 Å². The minimum Gasteiger partial charge on any atom is -0.481 e. The second-order valence-electron chi connectivity index (χ2n) is 8.31. The van der Waals surface area contributed by atoms with Crippen molar-refractivity contribution in [3.05, 3.63) is 59.7 Å². The fourth-order valence-corrected chi connectivity index (χ4v) is 3.83. The first-order valence-electron chi connectivity index (χ1n) is 10.6. The Morgan fingerprint density at radius 3 is 2.09 bits per heavy atom. The molecule has 0 spiro atoms. The monoisotopic (exact) mass is 460 g/mol. The molecule has 0 saturated heterocycles. The Hall–Kier alpha value is -3.49. The number of carboxylic acid groups (broad SMARTS) is 1. The largest absolute Gasteiger partial charge is 0.481 e. The molecule has 176 valence electrons. The van der Waals surface area contributed by atoms with Gasteiger partial charge in [0, 0.05) is 12.0 Å². The number of fused-ring (bicyclic) bond motifs is 3. The van der Waals surface area contributed by atoms with Gasteiger partial charge in [-0.15, -0.1) is 0 Å². The Labute approximate surface area is 190 Å². The van der Waals surface area contributed by atoms with Crippen LogP contribution in [0.2, 0.25) is 0 Å². The van der Waals surface area contributed by atoms with Crippen LogP contribution in [0.15, 0.2) is 48.5 Å². The number of aliphatic carboxylic acids is 1. The summed E-state index contributed by atoms with van der Waals surface area (Å²) in [7, 11) is 0. The minimum absolute atomic E-state index is 0.0499. The van der Waals surface area contributed by atoms with Crippen LogP contribution in [-0.2, 0) is 14.3 Å². The molecule has 2 aromatic rings. The molecule has 0 radical (unpaired) electrons. The lowest BCUT2D eigenvalue weighted by molar-refractivity contribution is -0.146. The number of carbonyl (C=O) groups excluding carboxylic acids is 2. The summed E-state index contributed by atoms with van der Waals surface area (Å²) in [6, 6.07) is 14.4. The average molecular weight is 460 g/mol. The maximum Gasteiger partial charge on any atom is 0.407 e. The van der Waals surface area contributed by atoms with Crippen LogP contribution in [0.1, 0.15) is 37.3 Å². The zero-order valence-electron chi connectivity index (χ0n) is 18.3. The number of amides is 2. The summed E-state index contributed by atoms with van der Waals surface area (Å²) in [5.41, 5.74) is 4.03. The van der Waals surface area contributed by atoms with Crippen molar-refractivity contribution >= 4 is 18.0 Å². The van der Waals surface area contributed by atoms with Gasteiger partial charge in [-0.05, 0) is 28.2 Å². The van der Waals surface area contributed by atoms with Crippen LogP contribution in [0, 0.1) is 5.92 Å². The molecule has 7 nitrogen and oxygen atoms in total. The quantitative estimate of drug-likeness (QED) is 0.528. The van der Waals surface area contributed by atoms with E-state index in [0.29, 0.717) is 0 Å². The van der Waals surface area contributed by atoms with Gasteiger partial charge in [0.1, 0.15) is 6.61 Å². The molecule has 0 aromatic heterocycles. The maximum absolute atomic E-state index is 14.2. The van der Waals surface area contributed by atoms with Gasteiger partial charge in [0.05, 0.1) is 13.0 Å². The number of halogens is 2. The van der Waals surface area contributed by atoms with Crippen molar-refractivity contribution in [3.63, 3.8) is 0 Å². The highest BCUT2D eigenvalue weighted by molar-refractivity contribution is 5.85. The number of nitrogens with one attached hydrogen (secondary N) is 2. The van der Waals surface area contributed by atoms with E-state index in [2.05, 4.69) is 0 Å². The third-order valence-electron chi connectivity index (χ3n) is 5.65. The third-order valence-corrected chi connectivity index (χ3v) is 5.65. The van der Waals surface area contributed by atoms with E-state index in [0.717, 1.165) is 22.3 Å². The van der Waals surface area contributed by atoms with Gasteiger partial charge in [0.15, 0.2) is 0 Å². The van der Waals surface area contributed by atoms with E-state index in [1.165, 1.54) is 0 Å². The zero-order chi connectivity index (χ0) is 24.2. The lowest BCUT2D eigenvalue weighted by Crippen LogP contribution is -2.52. The van der Waals surface area contributed by atoms with E-state index < -0.39 is 42.9 Å². The molecule has 0 fully saturated rings. The summed E-state index contributed by atoms with van der Waals surface area (Å²) in [6.07, 6.45) is -1.56. The first-order valence-corrected chi connectivity index (χ1v) is 10.6. The Bertz CT molecular complexity index is 996. The molecule has 9 heteroatoms. The van der Waals surface area contributed by atoms with Crippen LogP contribution < -0.4 is 10.6 Å². The van der Waals surface area contributed by atoms with Gasteiger partial charge >= 0.3 is 18.0 Å². The summed E-state index contributed by atoms with van der Waals surface area (Å²) >= 11 is 0. The van der Waals surface area contributed by atoms with Gasteiger partial charge in [-0.2, -0.15) is 8.78 Å². The predicted molar refractivity (Wildman–Crippen MR) is 117 cm³/mol. The number of hydrogen-bond acceptors (Lipinski definition) is 4. The van der Waals surface area contributed by atoms with E-state index in [1.807, 2.05) is 59.2 Å². The molecule has 0 saturated carbocycles. The molecule has 0 bridgehead atoms. The first kappa shape index (κ1) is 24.2. The molecule has 1 unspecified atom stereocenters. The Balaban J connectivity index is 1.56. The second-order valence-corrected chi connectivity index (χ2v) is 8.31. The number of alkyl carbamates (subject to hydrolysis) is 1. The highest BCUT2D eigenvalue weighted by atomic mass is 19.3. The molecule has 1 aliphatic carbocycles. The van der Waals surface area contributed by atoms with Crippen molar-refractivity contribution in [1.29, 1.82) is 0 Å². The molecule has 0 heterocycles. The third kappa shape index (κ3) is 5.66. The van der Waals surface area contributed by atoms with Gasteiger partial charge < -0.3 is 20.5 Å². The lowest BCUT2D eigenvalue weighted by Gasteiger charge is -2.24. The predicted octanol–water partition coefficient (Wildman–Crippen LogP) is 3.78. The molecule has 3 N–H and O–H groups in total. The molecular formula is C24H26F2N2O5. The molecule has 1 atom stereocenters. The van der Waals surface area contributed by atoms with Crippen LogP contribution in [0.3, 0.4) is 0 Å². The molecular weight excluding hydrogens is 434 g/mol. The van der Waals surface area contributed by atoms with Gasteiger partial charge in [0.25, 0.3) is 5.91 Å². The highest BCUT2D eigenvalue weighted by Gasteiger charge is 2.41. The fraction of sp³-hybridized carbons (Fsp3) is 0.375. The maximum atomic E-state index is 14.2. The van der Waals surface area contributed by atoms with Crippen molar-refractivity contribution in [1.82, 2.24) is 10.6 Å². The average Bonchev–Trinajstić information content (AvgIpc) is 3.09. The van der Waals surface area contributed by atoms with E-state index in [9.17, 15) is 23.2 Å². The smallest absolute Gasteiger partial charge is 0.407 e. The van der Waals surface area contributed by atoms with Crippen LogP contribution in [0.4, 0.5) is 13.6 Å². The van der Waals surface area contributed by atoms with Gasteiger partial charge in [-0.1, -0.05) is 62.4 Å². The number of hydrogen-bond donors (Lipinski definition) is 3. The summed E-state index contributed by atoms with van der Waals surface area (Å²) in [4.78, 5) is 34.9. The zero-order valence-corrected chi connectivity index (χ0v) is 18.3. The van der Waals surface area contributed by atoms with Crippen LogP contribution in [0.5, 0.6) is 0 Å². The van der Waals surface area contributed by atoms with Crippen LogP contribution in [0.25, 0.3) is 11.1 Å². The number of alkyl halides is 2. The molecule has 0 aliphatic heterocycles. The Morgan fingerprint density at radius 1 is 1.03 bits per heavy atom. The molecule has 2 amide bonds. The number of carboxylic acids is 1. The Kier molecular flexibility index (Phi) is 7.30. The van der Waals surface area contributed by atoms with Crippen molar-refractivity contribution in [2.75, 3.05) is 13.2 Å². The van der Waals surface area contributed by atoms with Crippen molar-refractivity contribution in [2.24, 2.45) is 5.92 Å². The van der Waals surface area contributed by atoms with Gasteiger partial charge in [0.2, 0.25) is 0 Å². The van der Waals surface area contributed by atoms with E-state index in [-0.39, 0.29) is 18.4 Å². The van der Waals surface area contributed by atoms with Crippen molar-refractivity contribution in [3.8, 4) is 11.1 Å². The molecule has 33 heavy (non-hydrogen) atoms. The van der Waals surface area contributed by atoms with E-state index >= 15 is 0 Å². The summed E-state index contributed by atoms with van der Waals surface area (Å²) in [5.74, 6) is -7.39. The van der Waals surface area contributed by atoms with Gasteiger partial charge in [-0.25, -0.2) is 4.79 Å². The van der Waals surface area contributed by atoms with Crippen LogP contribution >= 0.6 is 0 Å². The Morgan fingerprint density at radius 2 is 1.58 bits per heavy atom. The second kappa shape index (κ2) is 9.97. The summed E-state index contributed by atoms with van der Waals surface area (Å²) < 4.78 is 33.7. The topological polar surface area (TPSA) is 105 Å². The standard InChI is InChI=1S/C24H26F2N2O5/c1-14(2)20(11-21(29)30)28-22(31)24(25,26)13-27-23(32)33-12-19-17-9-5-3-7-15(17)16-8-4-6-10-18(16)19/h3-10,14,19-20H,11-13H2,1-2H3,(H,27,32)(H,28,31)(H,29,30). The molecule has 3 rings (SSSR count). The van der Waals surface area contributed by atoms with Crippen LogP contribution in [-0.4, -0.2) is 48.2 Å². The van der Waals surface area contributed by atoms with E-state index in [4.69, 9.17) is 9.84 Å². The number of carbonyl (C=O) groups is 3. The lowest BCUT2D eigenvalue weighted by atomic mass is 9.98. The minimum atomic E-state index is -3.93. The first-order chi connectivity index (χ1) is 15.6. The fourth-order valence-electron chi connectivity index (χ4n) is 3.83. The van der Waals surface area contributed by atoms with Gasteiger partial charge in [-0.3, -0.25) is 9.59 Å². The van der Waals surface area contributed by atoms with E-state index in [1.54, 1.807) is 13.8 Å². The number of ether oxygens (including phenoxy) is 1.